The Hall–Kier alpha value is -4.26. The molecule has 0 aliphatic rings. The van der Waals surface area contributed by atoms with E-state index >= 15 is 0 Å². The molecule has 0 bridgehead atoms. The Morgan fingerprint density at radius 1 is 0.967 bits per heavy atom. The zero-order chi connectivity index (χ0) is 20.3. The maximum absolute atomic E-state index is 12.7. The fraction of sp³-hybridized carbons (Fsp3) is 0.0435. The fourth-order valence-electron chi connectivity index (χ4n) is 3.35. The van der Waals surface area contributed by atoms with Crippen LogP contribution < -0.4 is 5.32 Å². The van der Waals surface area contributed by atoms with Gasteiger partial charge in [0.2, 0.25) is 0 Å². The number of fused-ring (bicyclic) bond motifs is 1. The predicted molar refractivity (Wildman–Crippen MR) is 115 cm³/mol. The summed E-state index contributed by atoms with van der Waals surface area (Å²) in [6.07, 6.45) is 1.70. The summed E-state index contributed by atoms with van der Waals surface area (Å²) in [5, 5.41) is 18.2. The lowest BCUT2D eigenvalue weighted by atomic mass is 10.1. The molecule has 2 aromatic heterocycles. The average molecular weight is 394 g/mol. The molecule has 1 amide bonds. The minimum atomic E-state index is -0.158. The Labute approximate surface area is 172 Å². The van der Waals surface area contributed by atoms with Crippen LogP contribution in [0.1, 0.15) is 15.9 Å². The number of hydrogen-bond donors (Lipinski definition) is 2. The Morgan fingerprint density at radius 2 is 1.83 bits per heavy atom. The van der Waals surface area contributed by atoms with Gasteiger partial charge in [0.25, 0.3) is 5.91 Å². The SMILES string of the molecule is O=C(Nc1cccc(-c2ccn[nH]2)c1)c1ccc(Cn2nnc3ccccc32)cc1. The predicted octanol–water partition coefficient (Wildman–Crippen LogP) is 4.12. The number of anilines is 1. The van der Waals surface area contributed by atoms with E-state index in [1.807, 2.05) is 83.5 Å². The molecule has 0 unspecified atom stereocenters. The molecule has 0 atom stereocenters. The van der Waals surface area contributed by atoms with Gasteiger partial charge in [0.05, 0.1) is 17.8 Å². The van der Waals surface area contributed by atoms with Crippen molar-refractivity contribution in [2.24, 2.45) is 0 Å². The van der Waals surface area contributed by atoms with Gasteiger partial charge in [-0.05, 0) is 48.0 Å². The van der Waals surface area contributed by atoms with Crippen LogP contribution in [0.2, 0.25) is 0 Å². The van der Waals surface area contributed by atoms with Crippen molar-refractivity contribution in [3.63, 3.8) is 0 Å². The smallest absolute Gasteiger partial charge is 0.255 e. The van der Waals surface area contributed by atoms with Gasteiger partial charge in [0.15, 0.2) is 0 Å². The van der Waals surface area contributed by atoms with Gasteiger partial charge in [-0.15, -0.1) is 5.10 Å². The molecule has 0 saturated carbocycles. The third-order valence-corrected chi connectivity index (χ3v) is 4.90. The normalized spacial score (nSPS) is 10.9. The molecule has 5 aromatic rings. The van der Waals surface area contributed by atoms with Crippen molar-refractivity contribution in [2.45, 2.75) is 6.54 Å². The Morgan fingerprint density at radius 3 is 2.67 bits per heavy atom. The highest BCUT2D eigenvalue weighted by Crippen LogP contribution is 2.21. The first kappa shape index (κ1) is 17.8. The fourth-order valence-corrected chi connectivity index (χ4v) is 3.35. The molecule has 146 valence electrons. The maximum Gasteiger partial charge on any atom is 0.255 e. The van der Waals surface area contributed by atoms with Crippen LogP contribution in [-0.4, -0.2) is 31.1 Å². The highest BCUT2D eigenvalue weighted by Gasteiger charge is 2.09. The van der Waals surface area contributed by atoms with Gasteiger partial charge >= 0.3 is 0 Å². The summed E-state index contributed by atoms with van der Waals surface area (Å²) in [7, 11) is 0. The number of hydrogen-bond acceptors (Lipinski definition) is 4. The number of aromatic amines is 1. The zero-order valence-corrected chi connectivity index (χ0v) is 16.0. The van der Waals surface area contributed by atoms with Crippen molar-refractivity contribution >= 4 is 22.6 Å². The largest absolute Gasteiger partial charge is 0.322 e. The number of nitrogens with zero attached hydrogens (tertiary/aromatic N) is 4. The first-order valence-corrected chi connectivity index (χ1v) is 9.55. The van der Waals surface area contributed by atoms with Gasteiger partial charge in [-0.1, -0.05) is 41.6 Å². The van der Waals surface area contributed by atoms with E-state index in [1.165, 1.54) is 0 Å². The van der Waals surface area contributed by atoms with Gasteiger partial charge < -0.3 is 5.32 Å². The quantitative estimate of drug-likeness (QED) is 0.469. The van der Waals surface area contributed by atoms with Crippen molar-refractivity contribution in [3.05, 3.63) is 96.2 Å². The second-order valence-corrected chi connectivity index (χ2v) is 6.94. The lowest BCUT2D eigenvalue weighted by Crippen LogP contribution is -2.12. The van der Waals surface area contributed by atoms with Crippen LogP contribution >= 0.6 is 0 Å². The van der Waals surface area contributed by atoms with E-state index in [0.717, 1.165) is 33.5 Å². The summed E-state index contributed by atoms with van der Waals surface area (Å²) in [6.45, 7) is 0.592. The minimum absolute atomic E-state index is 0.158. The molecule has 0 aliphatic carbocycles. The number of rotatable bonds is 5. The summed E-state index contributed by atoms with van der Waals surface area (Å²) in [5.41, 5.74) is 6.07. The number of H-pyrrole nitrogens is 1. The number of nitrogens with one attached hydrogen (secondary N) is 2. The molecule has 0 radical (unpaired) electrons. The van der Waals surface area contributed by atoms with Crippen molar-refractivity contribution in [2.75, 3.05) is 5.32 Å². The van der Waals surface area contributed by atoms with Gasteiger partial charge in [0, 0.05) is 23.0 Å². The molecule has 30 heavy (non-hydrogen) atoms. The van der Waals surface area contributed by atoms with E-state index in [1.54, 1.807) is 6.20 Å². The summed E-state index contributed by atoms with van der Waals surface area (Å²) in [4.78, 5) is 12.7. The standard InChI is InChI=1S/C23H18N6O/c30-23(25-19-5-3-4-18(14-19)20-12-13-24-26-20)17-10-8-16(9-11-17)15-29-22-7-2-1-6-21(22)27-28-29/h1-14H,15H2,(H,24,26)(H,25,30). The molecule has 2 N–H and O–H groups in total. The van der Waals surface area contributed by atoms with Crippen LogP contribution in [0.4, 0.5) is 5.69 Å². The number of para-hydroxylation sites is 1. The van der Waals surface area contributed by atoms with Crippen LogP contribution in [0.25, 0.3) is 22.3 Å². The second-order valence-electron chi connectivity index (χ2n) is 6.94. The molecular formula is C23H18N6O. The lowest BCUT2D eigenvalue weighted by molar-refractivity contribution is 0.102. The maximum atomic E-state index is 12.7. The van der Waals surface area contributed by atoms with Crippen LogP contribution in [-0.2, 0) is 6.54 Å². The number of aromatic nitrogens is 5. The van der Waals surface area contributed by atoms with Crippen molar-refractivity contribution in [1.82, 2.24) is 25.2 Å². The zero-order valence-electron chi connectivity index (χ0n) is 16.0. The topological polar surface area (TPSA) is 88.5 Å². The van der Waals surface area contributed by atoms with Crippen LogP contribution in [0, 0.1) is 0 Å². The molecule has 0 saturated heterocycles. The highest BCUT2D eigenvalue weighted by atomic mass is 16.1. The monoisotopic (exact) mass is 394 g/mol. The molecule has 7 nitrogen and oxygen atoms in total. The van der Waals surface area contributed by atoms with E-state index in [4.69, 9.17) is 0 Å². The van der Waals surface area contributed by atoms with Gasteiger partial charge in [-0.2, -0.15) is 5.10 Å². The van der Waals surface area contributed by atoms with Crippen molar-refractivity contribution < 1.29 is 4.79 Å². The van der Waals surface area contributed by atoms with E-state index in [0.29, 0.717) is 12.1 Å². The lowest BCUT2D eigenvalue weighted by Gasteiger charge is -2.08. The second kappa shape index (κ2) is 7.63. The molecular weight excluding hydrogens is 376 g/mol. The van der Waals surface area contributed by atoms with Crippen molar-refractivity contribution in [1.29, 1.82) is 0 Å². The van der Waals surface area contributed by atoms with E-state index < -0.39 is 0 Å². The molecule has 3 aromatic carbocycles. The molecule has 7 heteroatoms. The van der Waals surface area contributed by atoms with E-state index in [2.05, 4.69) is 25.8 Å². The minimum Gasteiger partial charge on any atom is -0.322 e. The van der Waals surface area contributed by atoms with Crippen LogP contribution in [0.5, 0.6) is 0 Å². The Kier molecular flexibility index (Phi) is 4.53. The number of amides is 1. The Bertz CT molecular complexity index is 1310. The van der Waals surface area contributed by atoms with Crippen LogP contribution in [0.3, 0.4) is 0 Å². The van der Waals surface area contributed by atoms with Gasteiger partial charge in [-0.3, -0.25) is 9.89 Å². The van der Waals surface area contributed by atoms with Crippen molar-refractivity contribution in [3.8, 4) is 11.3 Å². The van der Waals surface area contributed by atoms with E-state index in [9.17, 15) is 4.79 Å². The summed E-state index contributed by atoms with van der Waals surface area (Å²) in [5.74, 6) is -0.158. The first-order chi connectivity index (χ1) is 14.8. The van der Waals surface area contributed by atoms with Gasteiger partial charge in [0.1, 0.15) is 5.52 Å². The van der Waals surface area contributed by atoms with Gasteiger partial charge in [-0.25, -0.2) is 4.68 Å². The summed E-state index contributed by atoms with van der Waals surface area (Å²) < 4.78 is 1.85. The summed E-state index contributed by atoms with van der Waals surface area (Å²) in [6, 6.07) is 24.9. The van der Waals surface area contributed by atoms with E-state index in [-0.39, 0.29) is 5.91 Å². The molecule has 2 heterocycles. The first-order valence-electron chi connectivity index (χ1n) is 9.55. The third-order valence-electron chi connectivity index (χ3n) is 4.90. The average Bonchev–Trinajstić information content (AvgIpc) is 3.45. The highest BCUT2D eigenvalue weighted by molar-refractivity contribution is 6.04. The number of carbonyl (C=O) groups excluding carboxylic acids is 1. The molecule has 0 fully saturated rings. The number of carbonyl (C=O) groups is 1. The molecule has 0 aliphatic heterocycles. The van der Waals surface area contributed by atoms with Crippen LogP contribution in [0.15, 0.2) is 85.1 Å². The molecule has 0 spiro atoms. The third kappa shape index (κ3) is 3.56. The summed E-state index contributed by atoms with van der Waals surface area (Å²) >= 11 is 0. The number of benzene rings is 3. The molecule has 5 rings (SSSR count). The Balaban J connectivity index is 1.30.